The number of thiazole rings is 1. The lowest BCUT2D eigenvalue weighted by molar-refractivity contribution is -0.137. The Kier molecular flexibility index (Phi) is 7.00. The lowest BCUT2D eigenvalue weighted by Crippen LogP contribution is -2.44. The Morgan fingerprint density at radius 2 is 2.25 bits per heavy atom. The molecule has 7 heteroatoms. The van der Waals surface area contributed by atoms with Crippen molar-refractivity contribution >= 4 is 23.3 Å². The summed E-state index contributed by atoms with van der Waals surface area (Å²) in [6, 6.07) is -0.652. The smallest absolute Gasteiger partial charge is 0.315 e. The van der Waals surface area contributed by atoms with Crippen LogP contribution < -0.4 is 10.6 Å². The number of hydrogen-bond acceptors (Lipinski definition) is 4. The number of carbonyl (C=O) groups excluding carboxylic acids is 1. The van der Waals surface area contributed by atoms with Crippen molar-refractivity contribution in [3.8, 4) is 0 Å². The van der Waals surface area contributed by atoms with Gasteiger partial charge in [0.25, 0.3) is 0 Å². The van der Waals surface area contributed by atoms with Gasteiger partial charge >= 0.3 is 12.0 Å². The Labute approximate surface area is 122 Å². The molecule has 112 valence electrons. The van der Waals surface area contributed by atoms with Gasteiger partial charge < -0.3 is 15.7 Å². The van der Waals surface area contributed by atoms with E-state index in [1.807, 2.05) is 19.2 Å². The Morgan fingerprint density at radius 1 is 1.50 bits per heavy atom. The highest BCUT2D eigenvalue weighted by atomic mass is 32.1. The highest BCUT2D eigenvalue weighted by molar-refractivity contribution is 7.09. The first-order valence-corrected chi connectivity index (χ1v) is 7.56. The molecule has 1 heterocycles. The summed E-state index contributed by atoms with van der Waals surface area (Å²) >= 11 is 1.55. The van der Waals surface area contributed by atoms with Crippen molar-refractivity contribution in [2.24, 2.45) is 0 Å². The molecule has 1 rings (SSSR count). The van der Waals surface area contributed by atoms with Gasteiger partial charge in [-0.15, -0.1) is 11.3 Å². The first kappa shape index (κ1) is 16.4. The normalized spacial score (nSPS) is 13.5. The summed E-state index contributed by atoms with van der Waals surface area (Å²) in [5.74, 6) is -0.759. The maximum atomic E-state index is 11.8. The minimum absolute atomic E-state index is 0.0523. The van der Waals surface area contributed by atoms with Crippen molar-refractivity contribution in [2.45, 2.75) is 45.1 Å². The molecule has 0 saturated heterocycles. The average molecular weight is 299 g/mol. The number of aliphatic carboxylic acids is 1. The molecule has 0 spiro atoms. The van der Waals surface area contributed by atoms with Crippen LogP contribution in [0.5, 0.6) is 0 Å². The van der Waals surface area contributed by atoms with Crippen LogP contribution >= 0.6 is 11.3 Å². The average Bonchev–Trinajstić information content (AvgIpc) is 2.89. The van der Waals surface area contributed by atoms with Gasteiger partial charge in [-0.25, -0.2) is 9.78 Å². The molecule has 0 bridgehead atoms. The highest BCUT2D eigenvalue weighted by Gasteiger charge is 2.16. The number of hydrogen-bond donors (Lipinski definition) is 3. The zero-order valence-electron chi connectivity index (χ0n) is 11.8. The molecule has 0 radical (unpaired) electrons. The fourth-order valence-electron chi connectivity index (χ4n) is 1.83. The number of rotatable bonds is 8. The van der Waals surface area contributed by atoms with Gasteiger partial charge in [-0.2, -0.15) is 0 Å². The largest absolute Gasteiger partial charge is 0.481 e. The second-order valence-electron chi connectivity index (χ2n) is 4.71. The van der Waals surface area contributed by atoms with Gasteiger partial charge in [0.1, 0.15) is 0 Å². The van der Waals surface area contributed by atoms with Crippen molar-refractivity contribution < 1.29 is 14.7 Å². The molecule has 2 unspecified atom stereocenters. The number of nitrogens with zero attached hydrogens (tertiary/aromatic N) is 1. The molecule has 0 aliphatic rings. The number of urea groups is 1. The molecule has 0 fully saturated rings. The molecule has 3 N–H and O–H groups in total. The number of amides is 2. The van der Waals surface area contributed by atoms with Gasteiger partial charge in [0, 0.05) is 30.1 Å². The standard InChI is InChI=1S/C13H21N3O3S/c1-3-4-10(7-11(17)18)16-13(19)15-8-9(2)12-14-5-6-20-12/h5-6,9-10H,3-4,7-8H2,1-2H3,(H,17,18)(H2,15,16,19). The monoisotopic (exact) mass is 299 g/mol. The van der Waals surface area contributed by atoms with Gasteiger partial charge in [0.2, 0.25) is 0 Å². The topological polar surface area (TPSA) is 91.3 Å². The summed E-state index contributed by atoms with van der Waals surface area (Å²) in [4.78, 5) is 26.7. The van der Waals surface area contributed by atoms with Crippen molar-refractivity contribution in [3.05, 3.63) is 16.6 Å². The van der Waals surface area contributed by atoms with Gasteiger partial charge in [-0.1, -0.05) is 20.3 Å². The molecule has 1 aromatic heterocycles. The van der Waals surface area contributed by atoms with Crippen LogP contribution in [0.1, 0.15) is 44.0 Å². The van der Waals surface area contributed by atoms with Crippen LogP contribution in [0.3, 0.4) is 0 Å². The van der Waals surface area contributed by atoms with Crippen molar-refractivity contribution in [2.75, 3.05) is 6.54 Å². The van der Waals surface area contributed by atoms with E-state index in [0.717, 1.165) is 11.4 Å². The number of carboxylic acid groups (broad SMARTS) is 1. The van der Waals surface area contributed by atoms with Crippen LogP contribution in [0.4, 0.5) is 4.79 Å². The van der Waals surface area contributed by atoms with Crippen molar-refractivity contribution in [3.63, 3.8) is 0 Å². The van der Waals surface area contributed by atoms with Crippen LogP contribution in [0.15, 0.2) is 11.6 Å². The predicted molar refractivity (Wildman–Crippen MR) is 78.0 cm³/mol. The third-order valence-electron chi connectivity index (χ3n) is 2.84. The Bertz CT molecular complexity index is 423. The molecule has 6 nitrogen and oxygen atoms in total. The minimum Gasteiger partial charge on any atom is -0.481 e. The van der Waals surface area contributed by atoms with Crippen molar-refractivity contribution in [1.29, 1.82) is 0 Å². The minimum atomic E-state index is -0.903. The maximum Gasteiger partial charge on any atom is 0.315 e. The van der Waals surface area contributed by atoms with E-state index in [2.05, 4.69) is 15.6 Å². The van der Waals surface area contributed by atoms with Crippen molar-refractivity contribution in [1.82, 2.24) is 15.6 Å². The number of carboxylic acids is 1. The number of nitrogens with one attached hydrogen (secondary N) is 2. The lowest BCUT2D eigenvalue weighted by atomic mass is 10.1. The van der Waals surface area contributed by atoms with Gasteiger partial charge in [0.15, 0.2) is 0 Å². The predicted octanol–water partition coefficient (Wildman–Crippen LogP) is 2.19. The van der Waals surface area contributed by atoms with Crippen LogP contribution in [-0.4, -0.2) is 34.7 Å². The van der Waals surface area contributed by atoms with Gasteiger partial charge in [-0.3, -0.25) is 4.79 Å². The summed E-state index contributed by atoms with van der Waals surface area (Å²) in [6.07, 6.45) is 3.17. The zero-order chi connectivity index (χ0) is 15.0. The fourth-order valence-corrected chi connectivity index (χ4v) is 2.53. The Morgan fingerprint density at radius 3 is 2.80 bits per heavy atom. The fraction of sp³-hybridized carbons (Fsp3) is 0.615. The zero-order valence-corrected chi connectivity index (χ0v) is 12.6. The van der Waals surface area contributed by atoms with E-state index in [-0.39, 0.29) is 24.4 Å². The molecule has 0 aliphatic carbocycles. The molecule has 0 aliphatic heterocycles. The van der Waals surface area contributed by atoms with Crippen LogP contribution in [0.25, 0.3) is 0 Å². The van der Waals surface area contributed by atoms with Gasteiger partial charge in [0.05, 0.1) is 11.4 Å². The molecule has 2 atom stereocenters. The first-order valence-electron chi connectivity index (χ1n) is 6.68. The van der Waals surface area contributed by atoms with Crippen LogP contribution in [0, 0.1) is 0 Å². The maximum absolute atomic E-state index is 11.8. The molecular weight excluding hydrogens is 278 g/mol. The second kappa shape index (κ2) is 8.52. The van der Waals surface area contributed by atoms with E-state index < -0.39 is 5.97 Å². The summed E-state index contributed by atoms with van der Waals surface area (Å²) in [6.45, 7) is 4.42. The van der Waals surface area contributed by atoms with E-state index >= 15 is 0 Å². The van der Waals surface area contributed by atoms with Crippen LogP contribution in [0.2, 0.25) is 0 Å². The third-order valence-corrected chi connectivity index (χ3v) is 3.84. The highest BCUT2D eigenvalue weighted by Crippen LogP contribution is 2.16. The molecule has 0 saturated carbocycles. The molecule has 1 aromatic rings. The number of aromatic nitrogens is 1. The van der Waals surface area contributed by atoms with E-state index in [4.69, 9.17) is 5.11 Å². The van der Waals surface area contributed by atoms with E-state index in [0.29, 0.717) is 13.0 Å². The van der Waals surface area contributed by atoms with E-state index in [9.17, 15) is 9.59 Å². The molecule has 0 aromatic carbocycles. The summed E-state index contributed by atoms with van der Waals surface area (Å²) in [7, 11) is 0. The summed E-state index contributed by atoms with van der Waals surface area (Å²) in [5.41, 5.74) is 0. The van der Waals surface area contributed by atoms with Gasteiger partial charge in [-0.05, 0) is 6.42 Å². The number of carbonyl (C=O) groups is 2. The SMILES string of the molecule is CCCC(CC(=O)O)NC(=O)NCC(C)c1nccs1. The van der Waals surface area contributed by atoms with E-state index in [1.54, 1.807) is 17.5 Å². The van der Waals surface area contributed by atoms with Crippen LogP contribution in [-0.2, 0) is 4.79 Å². The molecule has 2 amide bonds. The molecular formula is C13H21N3O3S. The molecule has 20 heavy (non-hydrogen) atoms. The van der Waals surface area contributed by atoms with E-state index in [1.165, 1.54) is 0 Å². The Hall–Kier alpha value is -1.63. The Balaban J connectivity index is 2.35. The summed E-state index contributed by atoms with van der Waals surface area (Å²) < 4.78 is 0. The second-order valence-corrected chi connectivity index (χ2v) is 5.64. The summed E-state index contributed by atoms with van der Waals surface area (Å²) in [5, 5.41) is 17.1. The quantitative estimate of drug-likeness (QED) is 0.686. The third kappa shape index (κ3) is 6.01. The first-order chi connectivity index (χ1) is 9.52. The lowest BCUT2D eigenvalue weighted by Gasteiger charge is -2.17.